The molecule has 0 aliphatic heterocycles. The molecule has 0 bridgehead atoms. The molecule has 0 spiro atoms. The first-order chi connectivity index (χ1) is 19.8. The van der Waals surface area contributed by atoms with Crippen molar-refractivity contribution in [2.45, 2.75) is 45.0 Å². The maximum absolute atomic E-state index is 10.7. The number of hydrogen-bond acceptors (Lipinski definition) is 5. The standard InChI is InChI=1S/C15H14.C14H14N.CHF3O3S.2CH4O.Ir/c1-12(2)13-8-10-15(11-9-13)14-6-4-3-5-7-14;1-11(2)12-6-8-13(9-7-12)14-5-3-4-10-15-14;2-1(3,4)8(5,6)7;2*1-2;/h3-6,8-10,12H,1-2H3;3-8,10-11H,1-2H3;(H,5,6,7);2*2H,1H3;/q-2;-1;;;;+3. The van der Waals surface area contributed by atoms with Crippen LogP contribution in [0, 0.1) is 18.2 Å². The number of benzene rings is 3. The molecule has 3 aromatic carbocycles. The van der Waals surface area contributed by atoms with E-state index in [1.54, 1.807) is 6.20 Å². The van der Waals surface area contributed by atoms with E-state index in [0.29, 0.717) is 11.8 Å². The molecule has 0 saturated carbocycles. The number of alkyl halides is 3. The third kappa shape index (κ3) is 15.9. The Kier molecular flexibility index (Phi) is 21.3. The molecule has 1 aromatic heterocycles. The van der Waals surface area contributed by atoms with Crippen LogP contribution >= 0.6 is 0 Å². The average molecular weight is 797 g/mol. The van der Waals surface area contributed by atoms with Crippen molar-refractivity contribution >= 4 is 10.1 Å². The van der Waals surface area contributed by atoms with E-state index in [1.165, 1.54) is 11.1 Å². The Hall–Kier alpha value is -2.92. The van der Waals surface area contributed by atoms with Gasteiger partial charge in [-0.15, -0.1) is 47.0 Å². The van der Waals surface area contributed by atoms with Gasteiger partial charge in [-0.3, -0.25) is 4.55 Å². The van der Waals surface area contributed by atoms with Gasteiger partial charge in [0, 0.05) is 20.4 Å². The quantitative estimate of drug-likeness (QED) is 0.113. The number of halogens is 3. The fraction of sp³-hybridized carbons (Fsp3) is 0.281. The van der Waals surface area contributed by atoms with Crippen molar-refractivity contribution in [3.05, 3.63) is 114 Å². The van der Waals surface area contributed by atoms with Crippen molar-refractivity contribution < 1.29 is 56.5 Å². The number of hydrogen-bond donors (Lipinski definition) is 3. The molecule has 3 N–H and O–H groups in total. The summed E-state index contributed by atoms with van der Waals surface area (Å²) in [7, 11) is -3.84. The SMILES string of the molecule is CC(C)c1c[c-]c(-c2[c-]cccc2)cc1.CC(C)c1c[c-]c(-c2ccccn2)cc1.CO.CO.O=S(=O)(O)C(F)(F)F.[Ir+3]. The van der Waals surface area contributed by atoms with Crippen molar-refractivity contribution in [3.63, 3.8) is 0 Å². The molecule has 6 nitrogen and oxygen atoms in total. The summed E-state index contributed by atoms with van der Waals surface area (Å²) in [4.78, 5) is 4.29. The van der Waals surface area contributed by atoms with Crippen molar-refractivity contribution in [1.82, 2.24) is 4.98 Å². The Morgan fingerprint density at radius 1 is 0.698 bits per heavy atom. The number of aliphatic hydroxyl groups excluding tert-OH is 2. The first-order valence-electron chi connectivity index (χ1n) is 12.6. The summed E-state index contributed by atoms with van der Waals surface area (Å²) in [6.45, 7) is 8.75. The monoisotopic (exact) mass is 797 g/mol. The van der Waals surface area contributed by atoms with E-state index in [1.807, 2.05) is 36.4 Å². The third-order valence-electron chi connectivity index (χ3n) is 5.24. The summed E-state index contributed by atoms with van der Waals surface area (Å²) in [5.74, 6) is 1.12. The van der Waals surface area contributed by atoms with E-state index in [2.05, 4.69) is 93.3 Å². The van der Waals surface area contributed by atoms with Crippen LogP contribution in [0.2, 0.25) is 0 Å². The van der Waals surface area contributed by atoms with Crippen molar-refractivity contribution in [2.75, 3.05) is 14.2 Å². The van der Waals surface area contributed by atoms with Crippen LogP contribution in [0.25, 0.3) is 22.4 Å². The Labute approximate surface area is 266 Å². The van der Waals surface area contributed by atoms with Gasteiger partial charge in [-0.2, -0.15) is 70.1 Å². The van der Waals surface area contributed by atoms with E-state index < -0.39 is 15.6 Å². The van der Waals surface area contributed by atoms with Gasteiger partial charge in [-0.1, -0.05) is 51.7 Å². The molecule has 1 heterocycles. The van der Waals surface area contributed by atoms with Gasteiger partial charge in [0.05, 0.1) is 0 Å². The minimum Gasteiger partial charge on any atom is -0.400 e. The van der Waals surface area contributed by atoms with E-state index in [4.69, 9.17) is 23.2 Å². The molecule has 0 radical (unpaired) electrons. The largest absolute Gasteiger partial charge is 3.00 e. The average Bonchev–Trinajstić information content (AvgIpc) is 3.00. The molecule has 43 heavy (non-hydrogen) atoms. The van der Waals surface area contributed by atoms with Gasteiger partial charge in [0.1, 0.15) is 0 Å². The minimum atomic E-state index is -5.84. The fourth-order valence-electron chi connectivity index (χ4n) is 3.00. The Balaban J connectivity index is 0. The molecule has 236 valence electrons. The molecule has 0 fully saturated rings. The third-order valence-corrected chi connectivity index (χ3v) is 5.82. The van der Waals surface area contributed by atoms with Crippen LogP contribution in [-0.4, -0.2) is 47.9 Å². The molecule has 0 saturated heterocycles. The first-order valence-corrected chi connectivity index (χ1v) is 14.1. The number of pyridine rings is 1. The molecule has 4 rings (SSSR count). The van der Waals surface area contributed by atoms with E-state index >= 15 is 0 Å². The molecule has 0 amide bonds. The second-order valence-corrected chi connectivity index (χ2v) is 10.2. The van der Waals surface area contributed by atoms with E-state index in [9.17, 15) is 13.2 Å². The van der Waals surface area contributed by atoms with Crippen molar-refractivity contribution in [2.24, 2.45) is 0 Å². The number of aromatic nitrogens is 1. The summed E-state index contributed by atoms with van der Waals surface area (Å²) in [5.41, 5.74) is 1.36. The van der Waals surface area contributed by atoms with Crippen LogP contribution in [0.5, 0.6) is 0 Å². The van der Waals surface area contributed by atoms with Crippen LogP contribution in [0.4, 0.5) is 13.2 Å². The van der Waals surface area contributed by atoms with Gasteiger partial charge in [-0.05, 0) is 11.8 Å². The van der Waals surface area contributed by atoms with Crippen LogP contribution in [0.1, 0.15) is 50.7 Å². The van der Waals surface area contributed by atoms with Gasteiger partial charge in [0.2, 0.25) is 0 Å². The zero-order valence-corrected chi connectivity index (χ0v) is 27.9. The zero-order chi connectivity index (χ0) is 32.3. The van der Waals surface area contributed by atoms with Gasteiger partial charge in [0.15, 0.2) is 0 Å². The number of aliphatic hydroxyl groups is 2. The van der Waals surface area contributed by atoms with Crippen LogP contribution in [-0.2, 0) is 30.2 Å². The van der Waals surface area contributed by atoms with Gasteiger partial charge in [0.25, 0.3) is 0 Å². The normalized spacial score (nSPS) is 10.3. The molecule has 11 heteroatoms. The summed E-state index contributed by atoms with van der Waals surface area (Å²) in [5, 5.41) is 14.0. The molecule has 0 aliphatic carbocycles. The van der Waals surface area contributed by atoms with Gasteiger partial charge >= 0.3 is 35.7 Å². The number of rotatable bonds is 4. The Morgan fingerprint density at radius 2 is 1.14 bits per heavy atom. The summed E-state index contributed by atoms with van der Waals surface area (Å²) in [6.07, 6.45) is 1.81. The molecule has 0 unspecified atom stereocenters. The molecular formula is C32H37F3IrNO5S. The number of nitrogens with zero attached hydrogens (tertiary/aromatic N) is 1. The van der Waals surface area contributed by atoms with Crippen LogP contribution in [0.15, 0.2) is 85.1 Å². The predicted octanol–water partition coefficient (Wildman–Crippen LogP) is 7.36. The second kappa shape index (κ2) is 21.7. The van der Waals surface area contributed by atoms with Crippen molar-refractivity contribution in [3.8, 4) is 22.4 Å². The summed E-state index contributed by atoms with van der Waals surface area (Å²) >= 11 is 0. The second-order valence-electron chi connectivity index (χ2n) is 8.79. The molecular weight excluding hydrogens is 760 g/mol. The van der Waals surface area contributed by atoms with E-state index in [-0.39, 0.29) is 20.1 Å². The topological polar surface area (TPSA) is 108 Å². The zero-order valence-electron chi connectivity index (χ0n) is 24.7. The maximum atomic E-state index is 10.7. The van der Waals surface area contributed by atoms with E-state index in [0.717, 1.165) is 36.6 Å². The maximum Gasteiger partial charge on any atom is 3.00 e. The minimum absolute atomic E-state index is 0. The smallest absolute Gasteiger partial charge is 0.400 e. The molecule has 0 aliphatic rings. The Morgan fingerprint density at radius 3 is 1.47 bits per heavy atom. The fourth-order valence-corrected chi connectivity index (χ4v) is 3.00. The summed E-state index contributed by atoms with van der Waals surface area (Å²) in [6, 6.07) is 36.3. The van der Waals surface area contributed by atoms with Crippen LogP contribution < -0.4 is 0 Å². The van der Waals surface area contributed by atoms with Crippen LogP contribution in [0.3, 0.4) is 0 Å². The predicted molar refractivity (Wildman–Crippen MR) is 160 cm³/mol. The Bertz CT molecular complexity index is 1270. The van der Waals surface area contributed by atoms with Gasteiger partial charge < -0.3 is 15.2 Å². The molecule has 0 atom stereocenters. The van der Waals surface area contributed by atoms with Crippen molar-refractivity contribution in [1.29, 1.82) is 0 Å². The molecule has 4 aromatic rings. The first kappa shape index (κ1) is 42.2. The van der Waals surface area contributed by atoms with Gasteiger partial charge in [-0.25, -0.2) is 11.1 Å². The summed E-state index contributed by atoms with van der Waals surface area (Å²) < 4.78 is 57.5.